The largest absolute Gasteiger partial charge is 0.238 e. The molecule has 1 heterocycles. The maximum absolute atomic E-state index is 4.91. The van der Waals surface area contributed by atoms with Crippen LogP contribution in [-0.2, 0) is 19.3 Å². The summed E-state index contributed by atoms with van der Waals surface area (Å²) >= 11 is 0. The Kier molecular flexibility index (Phi) is 15.2. The van der Waals surface area contributed by atoms with Gasteiger partial charge in [-0.25, -0.2) is 9.97 Å². The second-order valence-corrected chi connectivity index (χ2v) is 8.64. The fourth-order valence-corrected chi connectivity index (χ4v) is 4.12. The van der Waals surface area contributed by atoms with Crippen molar-refractivity contribution in [2.24, 2.45) is 0 Å². The number of rotatable bonds is 18. The van der Waals surface area contributed by atoms with Crippen LogP contribution in [0.25, 0.3) is 0 Å². The van der Waals surface area contributed by atoms with Gasteiger partial charge in [-0.15, -0.1) is 0 Å². The van der Waals surface area contributed by atoms with E-state index in [2.05, 4.69) is 27.7 Å². The van der Waals surface area contributed by atoms with E-state index in [-0.39, 0.29) is 0 Å². The minimum absolute atomic E-state index is 0.988. The van der Waals surface area contributed by atoms with E-state index in [1.807, 2.05) is 0 Å². The smallest absolute Gasteiger partial charge is 0.125 e. The van der Waals surface area contributed by atoms with Crippen molar-refractivity contribution in [3.05, 3.63) is 22.8 Å². The zero-order valence-electron chi connectivity index (χ0n) is 19.6. The van der Waals surface area contributed by atoms with E-state index in [1.54, 1.807) is 0 Å². The van der Waals surface area contributed by atoms with Crippen molar-refractivity contribution in [1.82, 2.24) is 9.97 Å². The van der Waals surface area contributed by atoms with E-state index in [9.17, 15) is 0 Å². The van der Waals surface area contributed by atoms with Crippen LogP contribution in [0.1, 0.15) is 140 Å². The molecule has 2 heteroatoms. The van der Waals surface area contributed by atoms with Gasteiger partial charge in [0.05, 0.1) is 0 Å². The van der Waals surface area contributed by atoms with Crippen LogP contribution in [0.15, 0.2) is 0 Å². The van der Waals surface area contributed by atoms with E-state index in [4.69, 9.17) is 9.97 Å². The first-order valence-corrected chi connectivity index (χ1v) is 12.6. The molecule has 0 aliphatic rings. The number of aromatic nitrogens is 2. The van der Waals surface area contributed by atoms with E-state index in [1.165, 1.54) is 120 Å². The third kappa shape index (κ3) is 11.2. The zero-order chi connectivity index (χ0) is 20.5. The fourth-order valence-electron chi connectivity index (χ4n) is 4.12. The van der Waals surface area contributed by atoms with Crippen LogP contribution in [0.4, 0.5) is 0 Å². The molecular weight excluding hydrogens is 340 g/mol. The average Bonchev–Trinajstić information content (AvgIpc) is 2.69. The van der Waals surface area contributed by atoms with Crippen molar-refractivity contribution in [2.45, 2.75) is 143 Å². The van der Waals surface area contributed by atoms with Gasteiger partial charge in [0.1, 0.15) is 5.82 Å². The molecule has 0 bridgehead atoms. The summed E-state index contributed by atoms with van der Waals surface area (Å²) < 4.78 is 0. The van der Waals surface area contributed by atoms with Gasteiger partial charge in [-0.2, -0.15) is 0 Å². The highest BCUT2D eigenvalue weighted by Gasteiger charge is 2.13. The summed E-state index contributed by atoms with van der Waals surface area (Å²) in [4.78, 5) is 9.83. The summed E-state index contributed by atoms with van der Waals surface area (Å²) in [5, 5.41) is 0. The van der Waals surface area contributed by atoms with Crippen molar-refractivity contribution < 1.29 is 0 Å². The molecule has 0 aliphatic carbocycles. The monoisotopic (exact) mass is 388 g/mol. The maximum Gasteiger partial charge on any atom is 0.125 e. The van der Waals surface area contributed by atoms with Gasteiger partial charge in [0, 0.05) is 11.4 Å². The lowest BCUT2D eigenvalue weighted by Gasteiger charge is -2.15. The predicted molar refractivity (Wildman–Crippen MR) is 124 cm³/mol. The molecule has 0 amide bonds. The van der Waals surface area contributed by atoms with Crippen molar-refractivity contribution in [2.75, 3.05) is 0 Å². The second-order valence-electron chi connectivity index (χ2n) is 8.64. The van der Waals surface area contributed by atoms with Gasteiger partial charge < -0.3 is 0 Å². The molecule has 1 aromatic rings. The van der Waals surface area contributed by atoms with Gasteiger partial charge in [0.25, 0.3) is 0 Å². The summed E-state index contributed by atoms with van der Waals surface area (Å²) in [6.07, 6.45) is 23.6. The quantitative estimate of drug-likeness (QED) is 0.236. The number of nitrogens with zero attached hydrogens (tertiary/aromatic N) is 2. The second kappa shape index (κ2) is 17.0. The highest BCUT2D eigenvalue weighted by Crippen LogP contribution is 2.21. The lowest BCUT2D eigenvalue weighted by molar-refractivity contribution is 0.601. The van der Waals surface area contributed by atoms with E-state index >= 15 is 0 Å². The predicted octanol–water partition coefficient (Wildman–Crippen LogP) is 8.32. The third-order valence-electron chi connectivity index (χ3n) is 5.85. The Balaban J connectivity index is 2.72. The van der Waals surface area contributed by atoms with Crippen LogP contribution >= 0.6 is 0 Å². The standard InChI is InChI=1S/C26H48N2/c1-5-8-11-14-17-20-24-25(21-18-15-12-9-6-2)27-23(4)28-26(24)22-19-16-13-10-7-3/h5-22H2,1-4H3. The van der Waals surface area contributed by atoms with Crippen molar-refractivity contribution >= 4 is 0 Å². The normalized spacial score (nSPS) is 11.3. The van der Waals surface area contributed by atoms with Crippen molar-refractivity contribution in [1.29, 1.82) is 0 Å². The summed E-state index contributed by atoms with van der Waals surface area (Å²) in [5.41, 5.74) is 4.28. The molecule has 28 heavy (non-hydrogen) atoms. The Hall–Kier alpha value is -0.920. The van der Waals surface area contributed by atoms with Crippen molar-refractivity contribution in [3.63, 3.8) is 0 Å². The topological polar surface area (TPSA) is 25.8 Å². The third-order valence-corrected chi connectivity index (χ3v) is 5.85. The molecule has 1 aromatic heterocycles. The highest BCUT2D eigenvalue weighted by molar-refractivity contribution is 5.27. The van der Waals surface area contributed by atoms with Gasteiger partial charge in [-0.1, -0.05) is 97.8 Å². The molecule has 0 saturated carbocycles. The first kappa shape index (κ1) is 25.1. The lowest BCUT2D eigenvalue weighted by atomic mass is 9.96. The van der Waals surface area contributed by atoms with E-state index < -0.39 is 0 Å². The molecule has 0 radical (unpaired) electrons. The van der Waals surface area contributed by atoms with Crippen LogP contribution in [0.3, 0.4) is 0 Å². The number of hydrogen-bond acceptors (Lipinski definition) is 2. The van der Waals surface area contributed by atoms with Crippen LogP contribution in [-0.4, -0.2) is 9.97 Å². The minimum Gasteiger partial charge on any atom is -0.238 e. The summed E-state index contributed by atoms with van der Waals surface area (Å²) in [5.74, 6) is 0.988. The average molecular weight is 389 g/mol. The minimum atomic E-state index is 0.988. The van der Waals surface area contributed by atoms with Gasteiger partial charge in [0.15, 0.2) is 0 Å². The number of hydrogen-bond donors (Lipinski definition) is 0. The van der Waals surface area contributed by atoms with Crippen LogP contribution in [0.5, 0.6) is 0 Å². The maximum atomic E-state index is 4.91. The Morgan fingerprint density at radius 2 is 0.821 bits per heavy atom. The zero-order valence-corrected chi connectivity index (χ0v) is 19.6. The Morgan fingerprint density at radius 3 is 1.21 bits per heavy atom. The van der Waals surface area contributed by atoms with E-state index in [0.29, 0.717) is 0 Å². The first-order valence-electron chi connectivity index (χ1n) is 12.6. The molecule has 162 valence electrons. The van der Waals surface area contributed by atoms with Crippen LogP contribution < -0.4 is 0 Å². The number of unbranched alkanes of at least 4 members (excludes halogenated alkanes) is 12. The van der Waals surface area contributed by atoms with E-state index in [0.717, 1.165) is 18.7 Å². The first-order chi connectivity index (χ1) is 13.7. The molecule has 0 spiro atoms. The molecule has 0 atom stereocenters. The number of aryl methyl sites for hydroxylation is 3. The fraction of sp³-hybridized carbons (Fsp3) is 0.846. The Labute approximate surface area is 176 Å². The van der Waals surface area contributed by atoms with Crippen LogP contribution in [0.2, 0.25) is 0 Å². The molecule has 1 rings (SSSR count). The molecule has 0 fully saturated rings. The SMILES string of the molecule is CCCCCCCc1nc(C)nc(CCCCCCC)c1CCCCCCC. The molecule has 0 saturated heterocycles. The van der Waals surface area contributed by atoms with Gasteiger partial charge in [-0.3, -0.25) is 0 Å². The van der Waals surface area contributed by atoms with Gasteiger partial charge in [-0.05, 0) is 51.0 Å². The Bertz CT molecular complexity index is 460. The molecular formula is C26H48N2. The Morgan fingerprint density at radius 1 is 0.464 bits per heavy atom. The van der Waals surface area contributed by atoms with Gasteiger partial charge >= 0.3 is 0 Å². The summed E-state index contributed by atoms with van der Waals surface area (Å²) in [6, 6.07) is 0. The summed E-state index contributed by atoms with van der Waals surface area (Å²) in [6.45, 7) is 8.96. The molecule has 2 nitrogen and oxygen atoms in total. The van der Waals surface area contributed by atoms with Gasteiger partial charge in [0.2, 0.25) is 0 Å². The summed E-state index contributed by atoms with van der Waals surface area (Å²) in [7, 11) is 0. The van der Waals surface area contributed by atoms with Crippen LogP contribution in [0, 0.1) is 6.92 Å². The highest BCUT2D eigenvalue weighted by atomic mass is 14.9. The van der Waals surface area contributed by atoms with Crippen molar-refractivity contribution in [3.8, 4) is 0 Å². The molecule has 0 N–H and O–H groups in total. The lowest BCUT2D eigenvalue weighted by Crippen LogP contribution is -2.09. The molecule has 0 unspecified atom stereocenters. The molecule has 0 aromatic carbocycles. The molecule has 0 aliphatic heterocycles.